The van der Waals surface area contributed by atoms with Gasteiger partial charge in [-0.1, -0.05) is 27.2 Å². The van der Waals surface area contributed by atoms with E-state index >= 15 is 0 Å². The first kappa shape index (κ1) is 18.9. The Kier molecular flexibility index (Phi) is 9.16. The molecule has 0 aliphatic rings. The monoisotopic (exact) mass is 288 g/mol. The third-order valence-corrected chi connectivity index (χ3v) is 3.62. The molecule has 0 heterocycles. The van der Waals surface area contributed by atoms with Gasteiger partial charge in [0.25, 0.3) is 0 Å². The van der Waals surface area contributed by atoms with Crippen molar-refractivity contribution in [3.05, 3.63) is 0 Å². The highest BCUT2D eigenvalue weighted by Crippen LogP contribution is 2.18. The molecule has 0 aromatic rings. The van der Waals surface area contributed by atoms with Gasteiger partial charge in [-0.25, -0.2) is 0 Å². The van der Waals surface area contributed by atoms with E-state index in [0.29, 0.717) is 12.8 Å². The lowest BCUT2D eigenvalue weighted by atomic mass is 9.90. The van der Waals surface area contributed by atoms with Crippen molar-refractivity contribution in [2.45, 2.75) is 58.6 Å². The number of carbonyl (C=O) groups excluding carboxylic acids is 1. The first-order valence-electron chi connectivity index (χ1n) is 7.24. The predicted octanol–water partition coefficient (Wildman–Crippen LogP) is 0.728. The molecule has 0 fully saturated rings. The lowest BCUT2D eigenvalue weighted by molar-refractivity contribution is -0.141. The number of carboxylic acid groups (broad SMARTS) is 1. The zero-order valence-electron chi connectivity index (χ0n) is 12.6. The number of aliphatic hydroxyl groups excluding tert-OH is 1. The molecule has 0 saturated carbocycles. The standard InChI is InChI=1S/C14H28N2O4/c1-4-5-9(2)11(7-6-10(3)14(19)20)16-13(18)12(17)8-15/h9-12,17H,4-8,15H2,1-3H3,(H,16,18)(H,19,20). The molecule has 6 nitrogen and oxygen atoms in total. The van der Waals surface area contributed by atoms with Gasteiger partial charge in [-0.05, 0) is 25.2 Å². The second-order valence-electron chi connectivity index (χ2n) is 5.45. The number of carboxylic acids is 1. The van der Waals surface area contributed by atoms with Crippen LogP contribution in [-0.2, 0) is 9.59 Å². The van der Waals surface area contributed by atoms with Gasteiger partial charge >= 0.3 is 5.97 Å². The number of nitrogens with one attached hydrogen (secondary N) is 1. The predicted molar refractivity (Wildman–Crippen MR) is 77.1 cm³/mol. The summed E-state index contributed by atoms with van der Waals surface area (Å²) < 4.78 is 0. The molecule has 0 spiro atoms. The zero-order chi connectivity index (χ0) is 15.7. The van der Waals surface area contributed by atoms with Gasteiger partial charge < -0.3 is 21.3 Å². The summed E-state index contributed by atoms with van der Waals surface area (Å²) in [6, 6.07) is -0.134. The fraction of sp³-hybridized carbons (Fsp3) is 0.857. The van der Waals surface area contributed by atoms with Gasteiger partial charge in [0, 0.05) is 12.6 Å². The van der Waals surface area contributed by atoms with Crippen LogP contribution in [0.5, 0.6) is 0 Å². The SMILES string of the molecule is CCCC(C)C(CCC(C)C(=O)O)NC(=O)C(O)CN. The summed E-state index contributed by atoms with van der Waals surface area (Å²) in [7, 11) is 0. The van der Waals surface area contributed by atoms with Gasteiger partial charge in [0.15, 0.2) is 0 Å². The van der Waals surface area contributed by atoms with E-state index in [2.05, 4.69) is 12.2 Å². The van der Waals surface area contributed by atoms with Crippen molar-refractivity contribution in [2.75, 3.05) is 6.54 Å². The van der Waals surface area contributed by atoms with Crippen LogP contribution in [0.2, 0.25) is 0 Å². The molecule has 0 rings (SSSR count). The summed E-state index contributed by atoms with van der Waals surface area (Å²) in [5.41, 5.74) is 5.26. The zero-order valence-corrected chi connectivity index (χ0v) is 12.6. The first-order valence-corrected chi connectivity index (χ1v) is 7.24. The van der Waals surface area contributed by atoms with E-state index in [1.54, 1.807) is 6.92 Å². The summed E-state index contributed by atoms with van der Waals surface area (Å²) in [6.45, 7) is 5.62. The third-order valence-electron chi connectivity index (χ3n) is 3.62. The van der Waals surface area contributed by atoms with Crippen molar-refractivity contribution in [3.8, 4) is 0 Å². The third kappa shape index (κ3) is 6.86. The molecular weight excluding hydrogens is 260 g/mol. The molecule has 0 aromatic heterocycles. The Morgan fingerprint density at radius 1 is 1.20 bits per heavy atom. The summed E-state index contributed by atoms with van der Waals surface area (Å²) in [4.78, 5) is 22.6. The van der Waals surface area contributed by atoms with Gasteiger partial charge in [-0.15, -0.1) is 0 Å². The average Bonchev–Trinajstić information content (AvgIpc) is 2.41. The van der Waals surface area contributed by atoms with E-state index in [1.165, 1.54) is 0 Å². The summed E-state index contributed by atoms with van der Waals surface area (Å²) in [5, 5.41) is 21.1. The van der Waals surface area contributed by atoms with Gasteiger partial charge in [-0.2, -0.15) is 0 Å². The molecule has 0 aromatic carbocycles. The van der Waals surface area contributed by atoms with Gasteiger partial charge in [0.05, 0.1) is 5.92 Å². The van der Waals surface area contributed by atoms with Crippen LogP contribution in [0, 0.1) is 11.8 Å². The van der Waals surface area contributed by atoms with E-state index in [-0.39, 0.29) is 18.5 Å². The minimum Gasteiger partial charge on any atom is -0.481 e. The fourth-order valence-corrected chi connectivity index (χ4v) is 2.09. The summed E-state index contributed by atoms with van der Waals surface area (Å²) in [5.74, 6) is -1.53. The van der Waals surface area contributed by atoms with Gasteiger partial charge in [-0.3, -0.25) is 9.59 Å². The molecule has 20 heavy (non-hydrogen) atoms. The fourth-order valence-electron chi connectivity index (χ4n) is 2.09. The van der Waals surface area contributed by atoms with Crippen molar-refractivity contribution in [1.82, 2.24) is 5.32 Å². The number of hydrogen-bond acceptors (Lipinski definition) is 4. The Labute approximate surface area is 120 Å². The summed E-state index contributed by atoms with van der Waals surface area (Å²) in [6.07, 6.45) is 1.79. The van der Waals surface area contributed by atoms with E-state index in [9.17, 15) is 14.7 Å². The van der Waals surface area contributed by atoms with Crippen LogP contribution < -0.4 is 11.1 Å². The Hall–Kier alpha value is -1.14. The van der Waals surface area contributed by atoms with E-state index in [4.69, 9.17) is 10.8 Å². The van der Waals surface area contributed by atoms with Crippen molar-refractivity contribution in [2.24, 2.45) is 17.6 Å². The smallest absolute Gasteiger partial charge is 0.306 e. The molecule has 4 unspecified atom stereocenters. The van der Waals surface area contributed by atoms with E-state index < -0.39 is 23.9 Å². The second kappa shape index (κ2) is 9.72. The van der Waals surface area contributed by atoms with Crippen molar-refractivity contribution in [1.29, 1.82) is 0 Å². The van der Waals surface area contributed by atoms with E-state index in [0.717, 1.165) is 12.8 Å². The maximum atomic E-state index is 11.7. The molecule has 0 radical (unpaired) electrons. The maximum Gasteiger partial charge on any atom is 0.306 e. The minimum absolute atomic E-state index is 0.119. The molecule has 6 heteroatoms. The quantitative estimate of drug-likeness (QED) is 0.473. The second-order valence-corrected chi connectivity index (χ2v) is 5.45. The lowest BCUT2D eigenvalue weighted by Crippen LogP contribution is -2.46. The number of aliphatic hydroxyl groups is 1. The molecule has 1 amide bonds. The van der Waals surface area contributed by atoms with Crippen LogP contribution in [0.25, 0.3) is 0 Å². The topological polar surface area (TPSA) is 113 Å². The van der Waals surface area contributed by atoms with Crippen molar-refractivity contribution < 1.29 is 19.8 Å². The lowest BCUT2D eigenvalue weighted by Gasteiger charge is -2.26. The molecule has 0 aliphatic carbocycles. The van der Waals surface area contributed by atoms with Crippen LogP contribution in [-0.4, -0.2) is 40.8 Å². The largest absolute Gasteiger partial charge is 0.481 e. The van der Waals surface area contributed by atoms with Crippen LogP contribution in [0.1, 0.15) is 46.5 Å². The highest BCUT2D eigenvalue weighted by atomic mass is 16.4. The van der Waals surface area contributed by atoms with E-state index in [1.807, 2.05) is 6.92 Å². The minimum atomic E-state index is -1.21. The average molecular weight is 288 g/mol. The molecule has 4 atom stereocenters. The molecule has 0 bridgehead atoms. The number of amides is 1. The Balaban J connectivity index is 4.56. The molecular formula is C14H28N2O4. The molecule has 0 saturated heterocycles. The highest BCUT2D eigenvalue weighted by Gasteiger charge is 2.23. The summed E-state index contributed by atoms with van der Waals surface area (Å²) >= 11 is 0. The Bertz CT molecular complexity index is 310. The highest BCUT2D eigenvalue weighted by molar-refractivity contribution is 5.81. The van der Waals surface area contributed by atoms with Crippen molar-refractivity contribution in [3.63, 3.8) is 0 Å². The van der Waals surface area contributed by atoms with Crippen LogP contribution >= 0.6 is 0 Å². The van der Waals surface area contributed by atoms with Gasteiger partial charge in [0.1, 0.15) is 6.10 Å². The van der Waals surface area contributed by atoms with Gasteiger partial charge in [0.2, 0.25) is 5.91 Å². The Morgan fingerprint density at radius 2 is 1.80 bits per heavy atom. The van der Waals surface area contributed by atoms with Crippen LogP contribution in [0.3, 0.4) is 0 Å². The number of aliphatic carboxylic acids is 1. The van der Waals surface area contributed by atoms with Crippen molar-refractivity contribution >= 4 is 11.9 Å². The first-order chi connectivity index (χ1) is 9.33. The number of carbonyl (C=O) groups is 2. The number of rotatable bonds is 10. The normalized spacial score (nSPS) is 17.1. The van der Waals surface area contributed by atoms with Crippen LogP contribution in [0.15, 0.2) is 0 Å². The number of hydrogen-bond donors (Lipinski definition) is 4. The molecule has 118 valence electrons. The number of nitrogens with two attached hydrogens (primary N) is 1. The maximum absolute atomic E-state index is 11.7. The Morgan fingerprint density at radius 3 is 2.25 bits per heavy atom. The molecule has 0 aliphatic heterocycles. The molecule has 5 N–H and O–H groups in total. The van der Waals surface area contributed by atoms with Crippen LogP contribution in [0.4, 0.5) is 0 Å².